The van der Waals surface area contributed by atoms with Crippen molar-refractivity contribution in [1.29, 1.82) is 0 Å². The fourth-order valence-electron chi connectivity index (χ4n) is 2.77. The van der Waals surface area contributed by atoms with E-state index in [-0.39, 0.29) is 5.88 Å². The number of carbonyl (C=O) groups is 1. The zero-order valence-electron chi connectivity index (χ0n) is 14.8. The molecule has 0 amide bonds. The summed E-state index contributed by atoms with van der Waals surface area (Å²) in [6.07, 6.45) is 1.36. The van der Waals surface area contributed by atoms with Gasteiger partial charge >= 0.3 is 11.7 Å². The maximum atomic E-state index is 12.8. The van der Waals surface area contributed by atoms with Crippen molar-refractivity contribution in [1.82, 2.24) is 9.13 Å². The first kappa shape index (κ1) is 17.5. The first-order valence-electron chi connectivity index (χ1n) is 8.25. The number of carbonyl (C=O) groups excluding carboxylic acids is 1. The second kappa shape index (κ2) is 6.92. The van der Waals surface area contributed by atoms with E-state index in [1.54, 1.807) is 18.2 Å². The van der Waals surface area contributed by atoms with Crippen LogP contribution in [0.3, 0.4) is 0 Å². The molecule has 1 N–H and O–H groups in total. The molecule has 0 aliphatic rings. The summed E-state index contributed by atoms with van der Waals surface area (Å²) in [5.41, 5.74) is 2.06. The molecule has 0 bridgehead atoms. The van der Waals surface area contributed by atoms with E-state index in [9.17, 15) is 14.7 Å². The molecular formula is C20H20N2O4. The van der Waals surface area contributed by atoms with Gasteiger partial charge in [-0.2, -0.15) is 0 Å². The van der Waals surface area contributed by atoms with Crippen molar-refractivity contribution in [3.63, 3.8) is 0 Å². The van der Waals surface area contributed by atoms with E-state index in [2.05, 4.69) is 13.8 Å². The molecule has 0 saturated carbocycles. The zero-order valence-corrected chi connectivity index (χ0v) is 14.8. The number of esters is 1. The van der Waals surface area contributed by atoms with Crippen LogP contribution in [0.4, 0.5) is 0 Å². The van der Waals surface area contributed by atoms with Crippen molar-refractivity contribution >= 4 is 5.97 Å². The second-order valence-corrected chi connectivity index (χ2v) is 6.26. The van der Waals surface area contributed by atoms with Crippen molar-refractivity contribution in [2.24, 2.45) is 0 Å². The van der Waals surface area contributed by atoms with Crippen LogP contribution in [0.5, 0.6) is 5.88 Å². The van der Waals surface area contributed by atoms with Crippen LogP contribution < -0.4 is 5.69 Å². The van der Waals surface area contributed by atoms with E-state index < -0.39 is 11.7 Å². The van der Waals surface area contributed by atoms with E-state index in [4.69, 9.17) is 4.74 Å². The van der Waals surface area contributed by atoms with Crippen LogP contribution >= 0.6 is 0 Å². The lowest BCUT2D eigenvalue weighted by molar-refractivity contribution is 0.0600. The van der Waals surface area contributed by atoms with E-state index >= 15 is 0 Å². The molecule has 0 fully saturated rings. The van der Waals surface area contributed by atoms with E-state index in [0.29, 0.717) is 22.9 Å². The topological polar surface area (TPSA) is 73.5 Å². The Hall–Kier alpha value is -3.28. The predicted octanol–water partition coefficient (Wildman–Crippen LogP) is 3.24. The molecule has 0 atom stereocenters. The first-order chi connectivity index (χ1) is 12.4. The van der Waals surface area contributed by atoms with Crippen LogP contribution in [0.15, 0.2) is 59.5 Å². The van der Waals surface area contributed by atoms with Crippen molar-refractivity contribution in [2.75, 3.05) is 7.11 Å². The highest BCUT2D eigenvalue weighted by atomic mass is 16.5. The molecule has 3 rings (SSSR count). The highest BCUT2D eigenvalue weighted by Crippen LogP contribution is 2.20. The smallest absolute Gasteiger partial charge is 0.340 e. The Morgan fingerprint density at radius 2 is 1.77 bits per heavy atom. The number of methoxy groups -OCH3 is 1. The Balaban J connectivity index is 2.06. The van der Waals surface area contributed by atoms with Crippen LogP contribution in [0.1, 0.15) is 35.7 Å². The minimum Gasteiger partial charge on any atom is -0.493 e. The van der Waals surface area contributed by atoms with Gasteiger partial charge in [0.2, 0.25) is 5.88 Å². The van der Waals surface area contributed by atoms with Gasteiger partial charge in [-0.15, -0.1) is 0 Å². The molecular weight excluding hydrogens is 332 g/mol. The molecule has 134 valence electrons. The summed E-state index contributed by atoms with van der Waals surface area (Å²) < 4.78 is 7.21. The minimum absolute atomic E-state index is 0.218. The van der Waals surface area contributed by atoms with Gasteiger partial charge in [-0.3, -0.25) is 4.57 Å². The third-order valence-corrected chi connectivity index (χ3v) is 4.23. The molecule has 26 heavy (non-hydrogen) atoms. The van der Waals surface area contributed by atoms with Gasteiger partial charge in [0.25, 0.3) is 0 Å². The molecule has 1 heterocycles. The fourth-order valence-corrected chi connectivity index (χ4v) is 2.77. The van der Waals surface area contributed by atoms with E-state index in [0.717, 1.165) is 10.1 Å². The molecule has 2 aromatic carbocycles. The highest BCUT2D eigenvalue weighted by molar-refractivity contribution is 5.89. The van der Waals surface area contributed by atoms with Crippen LogP contribution in [0, 0.1) is 0 Å². The van der Waals surface area contributed by atoms with Gasteiger partial charge < -0.3 is 9.84 Å². The summed E-state index contributed by atoms with van der Waals surface area (Å²) in [6, 6.07) is 13.9. The Kier molecular flexibility index (Phi) is 4.67. The van der Waals surface area contributed by atoms with Crippen molar-refractivity contribution in [2.45, 2.75) is 19.8 Å². The molecule has 0 radical (unpaired) electrons. The minimum atomic E-state index is -0.511. The summed E-state index contributed by atoms with van der Waals surface area (Å²) in [7, 11) is 1.29. The molecule has 0 aliphatic heterocycles. The Morgan fingerprint density at radius 1 is 1.08 bits per heavy atom. The molecule has 1 aromatic heterocycles. The van der Waals surface area contributed by atoms with Gasteiger partial charge in [-0.1, -0.05) is 32.0 Å². The van der Waals surface area contributed by atoms with Gasteiger partial charge in [0.1, 0.15) is 0 Å². The van der Waals surface area contributed by atoms with Crippen LogP contribution in [0.2, 0.25) is 0 Å². The predicted molar refractivity (Wildman–Crippen MR) is 98.5 cm³/mol. The van der Waals surface area contributed by atoms with E-state index in [1.165, 1.54) is 23.9 Å². The van der Waals surface area contributed by atoms with E-state index in [1.807, 2.05) is 24.3 Å². The quantitative estimate of drug-likeness (QED) is 0.732. The van der Waals surface area contributed by atoms with Crippen LogP contribution in [-0.2, 0) is 4.74 Å². The lowest BCUT2D eigenvalue weighted by Crippen LogP contribution is -2.22. The summed E-state index contributed by atoms with van der Waals surface area (Å²) in [5.74, 6) is -0.340. The Labute approximate surface area is 150 Å². The van der Waals surface area contributed by atoms with Crippen molar-refractivity contribution in [3.8, 4) is 17.3 Å². The van der Waals surface area contributed by atoms with Gasteiger partial charge in [0.15, 0.2) is 0 Å². The standard InChI is InChI=1S/C20H20N2O4/c1-13(2)14-7-9-16(10-8-14)21-12-18(23)22(20(21)25)17-6-4-5-15(11-17)19(24)26-3/h4-13,23H,1-3H3. The normalized spacial score (nSPS) is 10.9. The largest absolute Gasteiger partial charge is 0.493 e. The van der Waals surface area contributed by atoms with Crippen LogP contribution in [0.25, 0.3) is 11.4 Å². The SMILES string of the molecule is COC(=O)c1cccc(-n2c(O)cn(-c3ccc(C(C)C)cc3)c2=O)c1. The van der Waals surface area contributed by atoms with Gasteiger partial charge in [-0.25, -0.2) is 14.2 Å². The van der Waals surface area contributed by atoms with Gasteiger partial charge in [-0.05, 0) is 41.8 Å². The molecule has 0 spiro atoms. The lowest BCUT2D eigenvalue weighted by Gasteiger charge is -2.07. The first-order valence-corrected chi connectivity index (χ1v) is 8.25. The molecule has 0 aliphatic carbocycles. The lowest BCUT2D eigenvalue weighted by atomic mass is 10.0. The summed E-state index contributed by atoms with van der Waals surface area (Å²) in [6.45, 7) is 4.19. The van der Waals surface area contributed by atoms with Crippen molar-refractivity contribution < 1.29 is 14.6 Å². The monoisotopic (exact) mass is 352 g/mol. The summed E-state index contributed by atoms with van der Waals surface area (Å²) in [5, 5.41) is 10.3. The van der Waals surface area contributed by atoms with Crippen LogP contribution in [-0.4, -0.2) is 27.3 Å². The molecule has 6 nitrogen and oxygen atoms in total. The van der Waals surface area contributed by atoms with Gasteiger partial charge in [0, 0.05) is 0 Å². The number of hydrogen-bond acceptors (Lipinski definition) is 4. The maximum Gasteiger partial charge on any atom is 0.340 e. The Bertz CT molecular complexity index is 997. The fraction of sp³-hybridized carbons (Fsp3) is 0.200. The number of ether oxygens (including phenoxy) is 1. The number of hydrogen-bond donors (Lipinski definition) is 1. The highest BCUT2D eigenvalue weighted by Gasteiger charge is 2.15. The summed E-state index contributed by atoms with van der Waals surface area (Å²) in [4.78, 5) is 24.5. The third-order valence-electron chi connectivity index (χ3n) is 4.23. The number of aromatic hydroxyl groups is 1. The van der Waals surface area contributed by atoms with Crippen molar-refractivity contribution in [3.05, 3.63) is 76.3 Å². The second-order valence-electron chi connectivity index (χ2n) is 6.26. The maximum absolute atomic E-state index is 12.8. The van der Waals surface area contributed by atoms with Gasteiger partial charge in [0.05, 0.1) is 30.2 Å². The molecule has 0 unspecified atom stereocenters. The molecule has 6 heteroatoms. The number of aromatic nitrogens is 2. The zero-order chi connectivity index (χ0) is 18.8. The third kappa shape index (κ3) is 3.13. The number of benzene rings is 2. The number of nitrogens with zero attached hydrogens (tertiary/aromatic N) is 2. The average Bonchev–Trinajstić information content (AvgIpc) is 2.95. The average molecular weight is 352 g/mol. The number of rotatable bonds is 4. The Morgan fingerprint density at radius 3 is 2.38 bits per heavy atom. The molecule has 0 saturated heterocycles. The molecule has 3 aromatic rings. The number of imidazole rings is 1. The summed E-state index contributed by atoms with van der Waals surface area (Å²) >= 11 is 0.